The lowest BCUT2D eigenvalue weighted by Gasteiger charge is -2.25. The highest BCUT2D eigenvalue weighted by Gasteiger charge is 2.26. The average Bonchev–Trinajstić information content (AvgIpc) is 4.06. The van der Waals surface area contributed by atoms with Crippen LogP contribution in [0.15, 0.2) is 194 Å². The molecule has 0 aliphatic carbocycles. The molecule has 0 saturated heterocycles. The third-order valence-corrected chi connectivity index (χ3v) is 14.7. The van der Waals surface area contributed by atoms with Gasteiger partial charge in [-0.15, -0.1) is 22.7 Å². The maximum Gasteiger partial charge on any atom is 0.103 e. The molecule has 0 amide bonds. The van der Waals surface area contributed by atoms with Gasteiger partial charge in [0.2, 0.25) is 0 Å². The molecule has 0 bridgehead atoms. The summed E-state index contributed by atoms with van der Waals surface area (Å²) in [5, 5.41) is 4.83. The second-order valence-electron chi connectivity index (χ2n) is 18.8. The standard InChI is InChI=1S/C58H50N4S2/c1-57(2,3)39-27-31-45(32-28-39)59(41-19-11-7-12-20-41)53-37-51-55(63-53)47-35-50-48(36-49(47)61(51)43-23-15-9-16-24-43)56-52(62(50)44-25-17-10-18-26-44)38-54(64-56)60(42-21-13-8-14-22-42)46-33-29-40(30-34-46)58(4,5)6/h7-38H,1-6H3. The summed E-state index contributed by atoms with van der Waals surface area (Å²) in [5.74, 6) is 0. The molecular formula is C58H50N4S2. The van der Waals surface area contributed by atoms with Crippen LogP contribution < -0.4 is 9.80 Å². The van der Waals surface area contributed by atoms with Crippen molar-refractivity contribution in [3.8, 4) is 11.4 Å². The molecule has 4 nitrogen and oxygen atoms in total. The van der Waals surface area contributed by atoms with Gasteiger partial charge in [0.15, 0.2) is 0 Å². The number of anilines is 6. The summed E-state index contributed by atoms with van der Waals surface area (Å²) < 4.78 is 7.48. The number of rotatable bonds is 8. The smallest absolute Gasteiger partial charge is 0.103 e. The number of hydrogen-bond donors (Lipinski definition) is 0. The molecule has 0 aliphatic heterocycles. The predicted octanol–water partition coefficient (Wildman–Crippen LogP) is 17.5. The zero-order chi connectivity index (χ0) is 43.7. The van der Waals surface area contributed by atoms with Gasteiger partial charge in [0.05, 0.1) is 31.5 Å². The molecule has 11 rings (SSSR count). The van der Waals surface area contributed by atoms with Crippen molar-refractivity contribution in [1.82, 2.24) is 9.13 Å². The van der Waals surface area contributed by atoms with Crippen molar-refractivity contribution in [3.63, 3.8) is 0 Å². The van der Waals surface area contributed by atoms with Crippen molar-refractivity contribution in [2.75, 3.05) is 9.80 Å². The van der Waals surface area contributed by atoms with Crippen molar-refractivity contribution in [2.45, 2.75) is 52.4 Å². The van der Waals surface area contributed by atoms with Crippen LogP contribution in [0.2, 0.25) is 0 Å². The first-order valence-corrected chi connectivity index (χ1v) is 23.7. The molecule has 0 spiro atoms. The molecule has 0 N–H and O–H groups in total. The van der Waals surface area contributed by atoms with Crippen molar-refractivity contribution in [3.05, 3.63) is 205 Å². The van der Waals surface area contributed by atoms with Crippen LogP contribution in [0.25, 0.3) is 53.6 Å². The Bertz CT molecular complexity index is 3190. The van der Waals surface area contributed by atoms with Crippen molar-refractivity contribution >= 4 is 97.7 Å². The lowest BCUT2D eigenvalue weighted by atomic mass is 9.87. The number of nitrogens with zero attached hydrogens (tertiary/aromatic N) is 4. The molecule has 4 aromatic heterocycles. The van der Waals surface area contributed by atoms with Gasteiger partial charge in [0.1, 0.15) is 10.0 Å². The normalized spacial score (nSPS) is 12.2. The highest BCUT2D eigenvalue weighted by molar-refractivity contribution is 7.24. The summed E-state index contributed by atoms with van der Waals surface area (Å²) in [5.41, 5.74) is 14.4. The van der Waals surface area contributed by atoms with Crippen LogP contribution in [0.3, 0.4) is 0 Å². The SMILES string of the molecule is CC(C)(C)c1ccc(N(c2ccccc2)c2cc3c(s2)c2cc4c(cc2n3-c2ccccc2)c2sc(N(c3ccccc3)c3ccc(C(C)(C)C)cc3)cc2n4-c2ccccc2)cc1. The van der Waals surface area contributed by atoms with Gasteiger partial charge in [-0.1, -0.05) is 139 Å². The summed E-state index contributed by atoms with van der Waals surface area (Å²) in [6.07, 6.45) is 0. The molecule has 0 fully saturated rings. The van der Waals surface area contributed by atoms with E-state index < -0.39 is 0 Å². The van der Waals surface area contributed by atoms with Crippen LogP contribution >= 0.6 is 22.7 Å². The number of hydrogen-bond acceptors (Lipinski definition) is 4. The lowest BCUT2D eigenvalue weighted by molar-refractivity contribution is 0.590. The molecule has 6 heteroatoms. The number of para-hydroxylation sites is 4. The zero-order valence-electron chi connectivity index (χ0n) is 37.1. The third-order valence-electron chi connectivity index (χ3n) is 12.4. The fourth-order valence-electron chi connectivity index (χ4n) is 9.14. The van der Waals surface area contributed by atoms with Gasteiger partial charge in [-0.25, -0.2) is 0 Å². The fraction of sp³-hybridized carbons (Fsp3) is 0.138. The molecule has 7 aromatic carbocycles. The van der Waals surface area contributed by atoms with Gasteiger partial charge in [-0.2, -0.15) is 0 Å². The molecule has 4 heterocycles. The first-order valence-electron chi connectivity index (χ1n) is 22.1. The van der Waals surface area contributed by atoms with E-state index >= 15 is 0 Å². The Labute approximate surface area is 383 Å². The summed E-state index contributed by atoms with van der Waals surface area (Å²) >= 11 is 3.73. The second kappa shape index (κ2) is 15.4. The zero-order valence-corrected chi connectivity index (χ0v) is 38.7. The first kappa shape index (κ1) is 40.0. The highest BCUT2D eigenvalue weighted by Crippen LogP contribution is 2.50. The summed E-state index contributed by atoms with van der Waals surface area (Å²) in [6.45, 7) is 13.6. The Kier molecular flexibility index (Phi) is 9.64. The Hall–Kier alpha value is -6.86. The Morgan fingerprint density at radius 2 is 0.656 bits per heavy atom. The van der Waals surface area contributed by atoms with E-state index in [-0.39, 0.29) is 10.8 Å². The van der Waals surface area contributed by atoms with E-state index in [2.05, 4.69) is 255 Å². The minimum atomic E-state index is 0.0680. The van der Waals surface area contributed by atoms with Gasteiger partial charge in [-0.05, 0) is 119 Å². The highest BCUT2D eigenvalue weighted by atomic mass is 32.1. The molecule has 0 aliphatic rings. The third kappa shape index (κ3) is 6.89. The molecule has 0 radical (unpaired) electrons. The topological polar surface area (TPSA) is 16.3 Å². The molecule has 64 heavy (non-hydrogen) atoms. The summed E-state index contributed by atoms with van der Waals surface area (Å²) in [4.78, 5) is 4.83. The van der Waals surface area contributed by atoms with Gasteiger partial charge in [0.25, 0.3) is 0 Å². The Balaban J connectivity index is 1.16. The number of fused-ring (bicyclic) bond motifs is 6. The fourth-order valence-corrected chi connectivity index (χ4v) is 11.6. The summed E-state index contributed by atoms with van der Waals surface area (Å²) in [6, 6.07) is 71.2. The van der Waals surface area contributed by atoms with Crippen LogP contribution in [-0.4, -0.2) is 9.13 Å². The molecule has 0 atom stereocenters. The van der Waals surface area contributed by atoms with Crippen LogP contribution in [-0.2, 0) is 10.8 Å². The molecule has 314 valence electrons. The molecule has 0 unspecified atom stereocenters. The van der Waals surface area contributed by atoms with Gasteiger partial charge >= 0.3 is 0 Å². The molecule has 0 saturated carbocycles. The quantitative estimate of drug-likeness (QED) is 0.151. The Morgan fingerprint density at radius 1 is 0.344 bits per heavy atom. The van der Waals surface area contributed by atoms with Gasteiger partial charge in [0, 0.05) is 44.9 Å². The molecular weight excluding hydrogens is 817 g/mol. The largest absolute Gasteiger partial charge is 0.308 e. The minimum Gasteiger partial charge on any atom is -0.308 e. The van der Waals surface area contributed by atoms with E-state index in [1.54, 1.807) is 0 Å². The average molecular weight is 867 g/mol. The predicted molar refractivity (Wildman–Crippen MR) is 278 cm³/mol. The van der Waals surface area contributed by atoms with E-state index in [0.29, 0.717) is 0 Å². The monoisotopic (exact) mass is 866 g/mol. The van der Waals surface area contributed by atoms with E-state index in [1.807, 2.05) is 22.7 Å². The minimum absolute atomic E-state index is 0.0680. The van der Waals surface area contributed by atoms with Gasteiger partial charge in [-0.3, -0.25) is 0 Å². The van der Waals surface area contributed by atoms with Crippen molar-refractivity contribution in [2.24, 2.45) is 0 Å². The lowest BCUT2D eigenvalue weighted by Crippen LogP contribution is -2.12. The van der Waals surface area contributed by atoms with Crippen LogP contribution in [0.4, 0.5) is 32.8 Å². The first-order chi connectivity index (χ1) is 31.0. The van der Waals surface area contributed by atoms with E-state index in [9.17, 15) is 0 Å². The van der Waals surface area contributed by atoms with Crippen molar-refractivity contribution in [1.29, 1.82) is 0 Å². The van der Waals surface area contributed by atoms with Gasteiger partial charge < -0.3 is 18.9 Å². The van der Waals surface area contributed by atoms with Crippen LogP contribution in [0.5, 0.6) is 0 Å². The summed E-state index contributed by atoms with van der Waals surface area (Å²) in [7, 11) is 0. The Morgan fingerprint density at radius 3 is 0.984 bits per heavy atom. The van der Waals surface area contributed by atoms with Crippen LogP contribution in [0, 0.1) is 0 Å². The van der Waals surface area contributed by atoms with E-state index in [1.165, 1.54) is 63.4 Å². The number of thiophene rings is 2. The maximum absolute atomic E-state index is 2.48. The number of aromatic nitrogens is 2. The maximum atomic E-state index is 2.48. The van der Waals surface area contributed by atoms with Crippen molar-refractivity contribution < 1.29 is 0 Å². The molecule has 11 aromatic rings. The van der Waals surface area contributed by atoms with E-state index in [4.69, 9.17) is 0 Å². The van der Waals surface area contributed by atoms with E-state index in [0.717, 1.165) is 34.1 Å². The van der Waals surface area contributed by atoms with Crippen LogP contribution in [0.1, 0.15) is 52.7 Å². The second-order valence-corrected chi connectivity index (χ2v) is 20.8. The number of benzene rings is 7.